The SMILES string of the molecule is COc1cc(C)ccc1OC(=O)c1cncn1[C@H](C)c1ccccc1. The number of rotatable bonds is 5. The van der Waals surface area contributed by atoms with Gasteiger partial charge in [0, 0.05) is 0 Å². The van der Waals surface area contributed by atoms with Crippen molar-refractivity contribution < 1.29 is 14.3 Å². The molecule has 0 spiro atoms. The van der Waals surface area contributed by atoms with E-state index in [1.165, 1.54) is 6.20 Å². The van der Waals surface area contributed by atoms with Crippen LogP contribution in [0, 0.1) is 6.92 Å². The Balaban J connectivity index is 1.86. The molecule has 0 bridgehead atoms. The summed E-state index contributed by atoms with van der Waals surface area (Å²) in [7, 11) is 1.55. The molecule has 1 atom stereocenters. The van der Waals surface area contributed by atoms with Crippen LogP contribution in [0.5, 0.6) is 11.5 Å². The highest BCUT2D eigenvalue weighted by Gasteiger charge is 2.20. The van der Waals surface area contributed by atoms with Gasteiger partial charge in [-0.3, -0.25) is 0 Å². The zero-order valence-electron chi connectivity index (χ0n) is 14.5. The van der Waals surface area contributed by atoms with E-state index in [0.717, 1.165) is 11.1 Å². The molecule has 0 radical (unpaired) electrons. The first-order valence-electron chi connectivity index (χ1n) is 8.03. The van der Waals surface area contributed by atoms with Gasteiger partial charge in [0.05, 0.1) is 25.7 Å². The molecule has 5 nitrogen and oxygen atoms in total. The third-order valence-electron chi connectivity index (χ3n) is 4.10. The van der Waals surface area contributed by atoms with Crippen LogP contribution in [0.2, 0.25) is 0 Å². The second kappa shape index (κ2) is 7.21. The van der Waals surface area contributed by atoms with E-state index in [4.69, 9.17) is 9.47 Å². The molecule has 0 amide bonds. The molecule has 3 rings (SSSR count). The number of imidazole rings is 1. The van der Waals surface area contributed by atoms with Gasteiger partial charge in [-0.2, -0.15) is 0 Å². The monoisotopic (exact) mass is 336 g/mol. The van der Waals surface area contributed by atoms with Crippen LogP contribution in [0.1, 0.15) is 34.6 Å². The smallest absolute Gasteiger partial charge is 0.362 e. The molecular formula is C20H20N2O3. The molecule has 0 aliphatic carbocycles. The number of nitrogens with zero attached hydrogens (tertiary/aromatic N) is 2. The van der Waals surface area contributed by atoms with Crippen molar-refractivity contribution in [1.82, 2.24) is 9.55 Å². The number of aryl methyl sites for hydroxylation is 1. The van der Waals surface area contributed by atoms with E-state index in [-0.39, 0.29) is 6.04 Å². The number of hydrogen-bond donors (Lipinski definition) is 0. The first-order valence-corrected chi connectivity index (χ1v) is 8.03. The highest BCUT2D eigenvalue weighted by atomic mass is 16.6. The molecule has 0 aliphatic heterocycles. The van der Waals surface area contributed by atoms with Gasteiger partial charge in [0.2, 0.25) is 0 Å². The second-order valence-corrected chi connectivity index (χ2v) is 5.82. The molecule has 3 aromatic rings. The van der Waals surface area contributed by atoms with E-state index in [0.29, 0.717) is 17.2 Å². The van der Waals surface area contributed by atoms with Crippen LogP contribution in [-0.2, 0) is 0 Å². The number of esters is 1. The maximum absolute atomic E-state index is 12.6. The lowest BCUT2D eigenvalue weighted by atomic mass is 10.1. The summed E-state index contributed by atoms with van der Waals surface area (Å²) in [6, 6.07) is 15.3. The van der Waals surface area contributed by atoms with E-state index in [2.05, 4.69) is 4.98 Å². The molecule has 0 unspecified atom stereocenters. The first-order chi connectivity index (χ1) is 12.1. The number of hydrogen-bond acceptors (Lipinski definition) is 4. The third kappa shape index (κ3) is 3.55. The van der Waals surface area contributed by atoms with Crippen LogP contribution in [0.4, 0.5) is 0 Å². The van der Waals surface area contributed by atoms with E-state index in [1.54, 1.807) is 24.1 Å². The van der Waals surface area contributed by atoms with Gasteiger partial charge in [-0.15, -0.1) is 0 Å². The summed E-state index contributed by atoms with van der Waals surface area (Å²) < 4.78 is 12.6. The molecule has 5 heteroatoms. The van der Waals surface area contributed by atoms with Crippen molar-refractivity contribution >= 4 is 5.97 Å². The summed E-state index contributed by atoms with van der Waals surface area (Å²) in [5.74, 6) is 0.441. The van der Waals surface area contributed by atoms with Crippen molar-refractivity contribution in [3.63, 3.8) is 0 Å². The van der Waals surface area contributed by atoms with Crippen molar-refractivity contribution in [3.8, 4) is 11.5 Å². The van der Waals surface area contributed by atoms with Gasteiger partial charge >= 0.3 is 5.97 Å². The Hall–Kier alpha value is -3.08. The van der Waals surface area contributed by atoms with E-state index in [1.807, 2.05) is 56.3 Å². The van der Waals surface area contributed by atoms with Gasteiger partial charge in [0.15, 0.2) is 11.5 Å². The quantitative estimate of drug-likeness (QED) is 0.521. The minimum Gasteiger partial charge on any atom is -0.493 e. The largest absolute Gasteiger partial charge is 0.493 e. The fourth-order valence-electron chi connectivity index (χ4n) is 2.67. The number of benzene rings is 2. The van der Waals surface area contributed by atoms with Crippen LogP contribution >= 0.6 is 0 Å². The van der Waals surface area contributed by atoms with Gasteiger partial charge in [0.25, 0.3) is 0 Å². The molecule has 128 valence electrons. The van der Waals surface area contributed by atoms with E-state index in [9.17, 15) is 4.79 Å². The Labute approximate surface area is 146 Å². The van der Waals surface area contributed by atoms with Crippen molar-refractivity contribution in [1.29, 1.82) is 0 Å². The van der Waals surface area contributed by atoms with Gasteiger partial charge in [-0.05, 0) is 37.1 Å². The summed E-state index contributed by atoms with van der Waals surface area (Å²) in [6.07, 6.45) is 3.16. The zero-order chi connectivity index (χ0) is 17.8. The number of aromatic nitrogens is 2. The summed E-state index contributed by atoms with van der Waals surface area (Å²) >= 11 is 0. The minimum absolute atomic E-state index is 0.0360. The van der Waals surface area contributed by atoms with Crippen molar-refractivity contribution in [2.45, 2.75) is 19.9 Å². The Kier molecular flexibility index (Phi) is 4.84. The van der Waals surface area contributed by atoms with E-state index < -0.39 is 5.97 Å². The average Bonchev–Trinajstić information content (AvgIpc) is 3.13. The third-order valence-corrected chi connectivity index (χ3v) is 4.10. The molecule has 1 heterocycles. The summed E-state index contributed by atoms with van der Waals surface area (Å²) in [5.41, 5.74) is 2.50. The molecule has 0 saturated heterocycles. The normalized spacial score (nSPS) is 11.8. The maximum atomic E-state index is 12.6. The average molecular weight is 336 g/mol. The second-order valence-electron chi connectivity index (χ2n) is 5.82. The highest BCUT2D eigenvalue weighted by Crippen LogP contribution is 2.29. The van der Waals surface area contributed by atoms with Gasteiger partial charge in [0.1, 0.15) is 5.69 Å². The predicted octanol–water partition coefficient (Wildman–Crippen LogP) is 4.03. The molecule has 0 aliphatic rings. The molecule has 0 N–H and O–H groups in total. The standard InChI is InChI=1S/C20H20N2O3/c1-14-9-10-18(19(11-14)24-3)25-20(23)17-12-21-13-22(17)15(2)16-7-5-4-6-8-16/h4-13,15H,1-3H3/t15-/m1/s1. The molecule has 0 saturated carbocycles. The fraction of sp³-hybridized carbons (Fsp3) is 0.200. The number of ether oxygens (including phenoxy) is 2. The summed E-state index contributed by atoms with van der Waals surface area (Å²) in [4.78, 5) is 16.8. The van der Waals surface area contributed by atoms with Gasteiger partial charge in [-0.1, -0.05) is 36.4 Å². The Morgan fingerprint density at radius 2 is 1.88 bits per heavy atom. The summed E-state index contributed by atoms with van der Waals surface area (Å²) in [5, 5.41) is 0. The predicted molar refractivity (Wildman–Crippen MR) is 95.2 cm³/mol. The number of carbonyl (C=O) groups excluding carboxylic acids is 1. The topological polar surface area (TPSA) is 53.4 Å². The van der Waals surface area contributed by atoms with Crippen LogP contribution < -0.4 is 9.47 Å². The lowest BCUT2D eigenvalue weighted by Gasteiger charge is -2.17. The van der Waals surface area contributed by atoms with Crippen LogP contribution in [0.15, 0.2) is 61.1 Å². The Morgan fingerprint density at radius 3 is 2.60 bits per heavy atom. The van der Waals surface area contributed by atoms with E-state index >= 15 is 0 Å². The first kappa shape index (κ1) is 16.8. The van der Waals surface area contributed by atoms with Crippen LogP contribution in [0.25, 0.3) is 0 Å². The fourth-order valence-corrected chi connectivity index (χ4v) is 2.67. The Bertz CT molecular complexity index is 872. The van der Waals surface area contributed by atoms with Crippen molar-refractivity contribution in [3.05, 3.63) is 77.9 Å². The molecule has 1 aromatic heterocycles. The van der Waals surface area contributed by atoms with Crippen molar-refractivity contribution in [2.24, 2.45) is 0 Å². The lowest BCUT2D eigenvalue weighted by Crippen LogP contribution is -2.17. The highest BCUT2D eigenvalue weighted by molar-refractivity contribution is 5.89. The zero-order valence-corrected chi connectivity index (χ0v) is 14.5. The Morgan fingerprint density at radius 1 is 1.12 bits per heavy atom. The van der Waals surface area contributed by atoms with Crippen LogP contribution in [-0.4, -0.2) is 22.6 Å². The molecule has 25 heavy (non-hydrogen) atoms. The maximum Gasteiger partial charge on any atom is 0.362 e. The van der Waals surface area contributed by atoms with Crippen LogP contribution in [0.3, 0.4) is 0 Å². The van der Waals surface area contributed by atoms with Crippen molar-refractivity contribution in [2.75, 3.05) is 7.11 Å². The summed E-state index contributed by atoms with van der Waals surface area (Å²) in [6.45, 7) is 3.96. The van der Waals surface area contributed by atoms with Gasteiger partial charge < -0.3 is 14.0 Å². The number of carbonyl (C=O) groups is 1. The molecule has 2 aromatic carbocycles. The number of methoxy groups -OCH3 is 1. The van der Waals surface area contributed by atoms with Gasteiger partial charge in [-0.25, -0.2) is 9.78 Å². The molecular weight excluding hydrogens is 316 g/mol. The minimum atomic E-state index is -0.470. The lowest BCUT2D eigenvalue weighted by molar-refractivity contribution is 0.0717. The molecule has 0 fully saturated rings.